The van der Waals surface area contributed by atoms with Crippen LogP contribution in [0.5, 0.6) is 0 Å². The highest BCUT2D eigenvalue weighted by molar-refractivity contribution is 5.80. The predicted molar refractivity (Wildman–Crippen MR) is 100 cm³/mol. The summed E-state index contributed by atoms with van der Waals surface area (Å²) in [6.07, 6.45) is 14.3. The first kappa shape index (κ1) is 18.7. The topological polar surface area (TPSA) is 15.6 Å². The lowest BCUT2D eigenvalue weighted by Gasteiger charge is -2.11. The second kappa shape index (κ2) is 12.3. The molecule has 0 atom stereocenters. The van der Waals surface area contributed by atoms with Gasteiger partial charge in [0, 0.05) is 32.5 Å². The van der Waals surface area contributed by atoms with Gasteiger partial charge in [0.15, 0.2) is 0 Å². The summed E-state index contributed by atoms with van der Waals surface area (Å²) < 4.78 is 0. The maximum Gasteiger partial charge on any atom is 0.0389 e. The van der Waals surface area contributed by atoms with Crippen molar-refractivity contribution in [3.8, 4) is 0 Å². The second-order valence-corrected chi connectivity index (χ2v) is 6.35. The first-order chi connectivity index (χ1) is 10.7. The first-order valence-electron chi connectivity index (χ1n) is 9.01. The van der Waals surface area contributed by atoms with Crippen LogP contribution in [0.25, 0.3) is 0 Å². The molecule has 0 bridgehead atoms. The van der Waals surface area contributed by atoms with Gasteiger partial charge in [-0.25, -0.2) is 0 Å². The summed E-state index contributed by atoms with van der Waals surface area (Å²) in [6, 6.07) is 8.55. The molecule has 1 rings (SSSR count). The van der Waals surface area contributed by atoms with Gasteiger partial charge in [-0.3, -0.25) is 4.99 Å². The molecule has 0 saturated heterocycles. The zero-order valence-corrected chi connectivity index (χ0v) is 14.9. The Bertz CT molecular complexity index is 393. The van der Waals surface area contributed by atoms with Gasteiger partial charge in [-0.15, -0.1) is 0 Å². The molecule has 22 heavy (non-hydrogen) atoms. The molecule has 0 aliphatic heterocycles. The SMILES string of the molecule is CCCCCCCCCCCN=Cc1ccc(N(C)C)cc1. The fourth-order valence-corrected chi connectivity index (χ4v) is 2.54. The van der Waals surface area contributed by atoms with Gasteiger partial charge < -0.3 is 4.90 Å². The molecule has 0 spiro atoms. The highest BCUT2D eigenvalue weighted by atomic mass is 15.1. The maximum atomic E-state index is 4.54. The molecule has 0 N–H and O–H groups in total. The van der Waals surface area contributed by atoms with Crippen LogP contribution < -0.4 is 4.90 Å². The van der Waals surface area contributed by atoms with Gasteiger partial charge in [0.1, 0.15) is 0 Å². The summed E-state index contributed by atoms with van der Waals surface area (Å²) in [5.74, 6) is 0. The molecule has 0 amide bonds. The van der Waals surface area contributed by atoms with E-state index in [1.54, 1.807) is 0 Å². The van der Waals surface area contributed by atoms with Crippen LogP contribution in [0.15, 0.2) is 29.3 Å². The normalized spacial score (nSPS) is 11.2. The molecule has 0 unspecified atom stereocenters. The largest absolute Gasteiger partial charge is 0.378 e. The molecule has 2 nitrogen and oxygen atoms in total. The van der Waals surface area contributed by atoms with Gasteiger partial charge in [-0.1, -0.05) is 70.4 Å². The highest BCUT2D eigenvalue weighted by Gasteiger charge is 1.94. The minimum absolute atomic E-state index is 0.964. The lowest BCUT2D eigenvalue weighted by molar-refractivity contribution is 0.567. The quantitative estimate of drug-likeness (QED) is 0.357. The van der Waals surface area contributed by atoms with Gasteiger partial charge in [-0.2, -0.15) is 0 Å². The van der Waals surface area contributed by atoms with E-state index in [1.807, 2.05) is 6.21 Å². The zero-order chi connectivity index (χ0) is 16.0. The van der Waals surface area contributed by atoms with Crippen LogP contribution in [0.3, 0.4) is 0 Å². The number of hydrogen-bond acceptors (Lipinski definition) is 2. The number of nitrogens with zero attached hydrogens (tertiary/aromatic N) is 2. The minimum Gasteiger partial charge on any atom is -0.378 e. The van der Waals surface area contributed by atoms with Gasteiger partial charge in [-0.05, 0) is 24.1 Å². The van der Waals surface area contributed by atoms with Crippen molar-refractivity contribution in [2.75, 3.05) is 25.5 Å². The monoisotopic (exact) mass is 302 g/mol. The molecule has 1 aromatic rings. The summed E-state index contributed by atoms with van der Waals surface area (Å²) in [4.78, 5) is 6.65. The Balaban J connectivity index is 2.02. The molecule has 2 heteroatoms. The minimum atomic E-state index is 0.964. The van der Waals surface area contributed by atoms with E-state index < -0.39 is 0 Å². The lowest BCUT2D eigenvalue weighted by Crippen LogP contribution is -2.08. The molecule has 0 heterocycles. The number of aliphatic imine (C=N–C) groups is 1. The predicted octanol–water partition coefficient (Wildman–Crippen LogP) is 5.70. The molecular weight excluding hydrogens is 268 g/mol. The number of rotatable bonds is 12. The maximum absolute atomic E-state index is 4.54. The summed E-state index contributed by atoms with van der Waals surface area (Å²) >= 11 is 0. The Kier molecular flexibility index (Phi) is 10.4. The second-order valence-electron chi connectivity index (χ2n) is 6.35. The Morgan fingerprint density at radius 1 is 0.818 bits per heavy atom. The van der Waals surface area contributed by atoms with E-state index in [0.717, 1.165) is 6.54 Å². The van der Waals surface area contributed by atoms with Crippen molar-refractivity contribution in [3.63, 3.8) is 0 Å². The van der Waals surface area contributed by atoms with Crippen LogP contribution in [0.4, 0.5) is 5.69 Å². The van der Waals surface area contributed by atoms with Crippen LogP contribution >= 0.6 is 0 Å². The van der Waals surface area contributed by atoms with E-state index in [0.29, 0.717) is 0 Å². The first-order valence-corrected chi connectivity index (χ1v) is 9.01. The summed E-state index contributed by atoms with van der Waals surface area (Å²) in [5.41, 5.74) is 2.43. The van der Waals surface area contributed by atoms with Crippen molar-refractivity contribution in [3.05, 3.63) is 29.8 Å². The average Bonchev–Trinajstić information content (AvgIpc) is 2.53. The van der Waals surface area contributed by atoms with E-state index in [2.05, 4.69) is 55.2 Å². The fraction of sp³-hybridized carbons (Fsp3) is 0.650. The van der Waals surface area contributed by atoms with Crippen LogP contribution in [-0.2, 0) is 0 Å². The Morgan fingerprint density at radius 3 is 1.91 bits per heavy atom. The zero-order valence-electron chi connectivity index (χ0n) is 14.9. The van der Waals surface area contributed by atoms with E-state index in [1.165, 1.54) is 69.0 Å². The van der Waals surface area contributed by atoms with E-state index in [-0.39, 0.29) is 0 Å². The Hall–Kier alpha value is -1.31. The van der Waals surface area contributed by atoms with Gasteiger partial charge in [0.25, 0.3) is 0 Å². The summed E-state index contributed by atoms with van der Waals surface area (Å²) in [7, 11) is 4.12. The van der Waals surface area contributed by atoms with Crippen LogP contribution in [-0.4, -0.2) is 26.9 Å². The van der Waals surface area contributed by atoms with Crippen molar-refractivity contribution >= 4 is 11.9 Å². The van der Waals surface area contributed by atoms with Crippen molar-refractivity contribution in [2.24, 2.45) is 4.99 Å². The van der Waals surface area contributed by atoms with E-state index in [4.69, 9.17) is 0 Å². The molecule has 1 aromatic carbocycles. The van der Waals surface area contributed by atoms with Gasteiger partial charge in [0.2, 0.25) is 0 Å². The third-order valence-electron chi connectivity index (χ3n) is 4.04. The molecule has 0 aliphatic carbocycles. The smallest absolute Gasteiger partial charge is 0.0389 e. The molecular formula is C20H34N2. The Morgan fingerprint density at radius 2 is 1.36 bits per heavy atom. The Labute approximate surface area is 137 Å². The molecule has 0 saturated carbocycles. The molecule has 0 aromatic heterocycles. The lowest BCUT2D eigenvalue weighted by atomic mass is 10.1. The van der Waals surface area contributed by atoms with Crippen molar-refractivity contribution in [2.45, 2.75) is 64.7 Å². The van der Waals surface area contributed by atoms with Crippen molar-refractivity contribution < 1.29 is 0 Å². The molecule has 124 valence electrons. The van der Waals surface area contributed by atoms with Crippen LogP contribution in [0.2, 0.25) is 0 Å². The molecule has 0 radical (unpaired) electrons. The molecule has 0 aliphatic rings. The number of benzene rings is 1. The van der Waals surface area contributed by atoms with Gasteiger partial charge >= 0.3 is 0 Å². The molecule has 0 fully saturated rings. The number of anilines is 1. The standard InChI is InChI=1S/C20H34N2/c1-4-5-6-7-8-9-10-11-12-17-21-18-19-13-15-20(16-14-19)22(2)3/h13-16,18H,4-12,17H2,1-3H3. The third kappa shape index (κ3) is 8.86. The highest BCUT2D eigenvalue weighted by Crippen LogP contribution is 2.11. The van der Waals surface area contributed by atoms with E-state index >= 15 is 0 Å². The van der Waals surface area contributed by atoms with Crippen molar-refractivity contribution in [1.82, 2.24) is 0 Å². The third-order valence-corrected chi connectivity index (χ3v) is 4.04. The summed E-state index contributed by atoms with van der Waals surface area (Å²) in [5, 5.41) is 0. The van der Waals surface area contributed by atoms with E-state index in [9.17, 15) is 0 Å². The van der Waals surface area contributed by atoms with Gasteiger partial charge in [0.05, 0.1) is 0 Å². The average molecular weight is 303 g/mol. The van der Waals surface area contributed by atoms with Crippen molar-refractivity contribution in [1.29, 1.82) is 0 Å². The number of hydrogen-bond donors (Lipinski definition) is 0. The van der Waals surface area contributed by atoms with Crippen LogP contribution in [0, 0.1) is 0 Å². The number of unbranched alkanes of at least 4 members (excludes halogenated alkanes) is 8. The summed E-state index contributed by atoms with van der Waals surface area (Å²) in [6.45, 7) is 3.24. The van der Waals surface area contributed by atoms with Crippen LogP contribution in [0.1, 0.15) is 70.3 Å². The fourth-order valence-electron chi connectivity index (χ4n) is 2.54.